The Morgan fingerprint density at radius 1 is 1.47 bits per heavy atom. The van der Waals surface area contributed by atoms with Gasteiger partial charge in [-0.05, 0) is 12.1 Å². The number of fused-ring (bicyclic) bond motifs is 1. The van der Waals surface area contributed by atoms with Crippen LogP contribution < -0.4 is 5.48 Å². The molecule has 1 saturated heterocycles. The van der Waals surface area contributed by atoms with Crippen molar-refractivity contribution in [1.82, 2.24) is 9.55 Å². The smallest absolute Gasteiger partial charge is 0.144 e. The Labute approximate surface area is 109 Å². The Morgan fingerprint density at radius 3 is 3.00 bits per heavy atom. The normalized spacial score (nSPS) is 27.0. The highest BCUT2D eigenvalue weighted by Crippen LogP contribution is 2.32. The molecule has 2 aromatic heterocycles. The molecule has 1 aliphatic heterocycles. The molecule has 1 fully saturated rings. The monoisotopic (exact) mass is 265 g/mol. The first-order valence-corrected chi connectivity index (χ1v) is 6.04. The summed E-state index contributed by atoms with van der Waals surface area (Å²) in [6.45, 7) is -0.215. The highest BCUT2D eigenvalue weighted by molar-refractivity contribution is 5.89. The first kappa shape index (κ1) is 12.4. The summed E-state index contributed by atoms with van der Waals surface area (Å²) in [5.41, 5.74) is 3.32. The molecule has 3 atom stereocenters. The molecule has 0 radical (unpaired) electrons. The van der Waals surface area contributed by atoms with E-state index in [1.807, 2.05) is 6.07 Å². The number of ether oxygens (including phenoxy) is 1. The molecule has 0 aromatic carbocycles. The van der Waals surface area contributed by atoms with Crippen LogP contribution in [0, 0.1) is 0 Å². The summed E-state index contributed by atoms with van der Waals surface area (Å²) in [7, 11) is 0. The van der Waals surface area contributed by atoms with Gasteiger partial charge in [0.05, 0.1) is 18.4 Å². The standard InChI is InChI=1S/C12H15N3O4/c16-6-10-9(17)5-11(19-10)15-4-2-7-8(14-18)1-3-13-12(7)15/h1-4,9-11,16-18H,5-6H2,(H,13,14)/t9-,10+,11+/m0/s1. The van der Waals surface area contributed by atoms with Crippen LogP contribution in [0.2, 0.25) is 0 Å². The van der Waals surface area contributed by atoms with E-state index in [0.29, 0.717) is 17.8 Å². The predicted octanol–water partition coefficient (Wildman–Crippen LogP) is 0.478. The van der Waals surface area contributed by atoms with Crippen LogP contribution in [-0.4, -0.2) is 43.8 Å². The highest BCUT2D eigenvalue weighted by atomic mass is 16.5. The lowest BCUT2D eigenvalue weighted by Crippen LogP contribution is -2.24. The van der Waals surface area contributed by atoms with Gasteiger partial charge in [0.1, 0.15) is 18.0 Å². The van der Waals surface area contributed by atoms with E-state index >= 15 is 0 Å². The van der Waals surface area contributed by atoms with Crippen molar-refractivity contribution in [2.45, 2.75) is 24.9 Å². The van der Waals surface area contributed by atoms with Gasteiger partial charge in [0.15, 0.2) is 0 Å². The van der Waals surface area contributed by atoms with Gasteiger partial charge in [-0.3, -0.25) is 10.7 Å². The Hall–Kier alpha value is -1.67. The van der Waals surface area contributed by atoms with E-state index in [-0.39, 0.29) is 12.8 Å². The highest BCUT2D eigenvalue weighted by Gasteiger charge is 2.34. The summed E-state index contributed by atoms with van der Waals surface area (Å²) in [6.07, 6.45) is 2.13. The van der Waals surface area contributed by atoms with E-state index in [1.165, 1.54) is 0 Å². The summed E-state index contributed by atoms with van der Waals surface area (Å²) in [5.74, 6) is 0. The van der Waals surface area contributed by atoms with Gasteiger partial charge in [-0.15, -0.1) is 0 Å². The largest absolute Gasteiger partial charge is 0.394 e. The molecular weight excluding hydrogens is 250 g/mol. The minimum absolute atomic E-state index is 0.215. The lowest BCUT2D eigenvalue weighted by Gasteiger charge is -2.14. The molecular formula is C12H15N3O4. The topological polar surface area (TPSA) is 99.8 Å². The Morgan fingerprint density at radius 2 is 2.32 bits per heavy atom. The number of aliphatic hydroxyl groups is 2. The van der Waals surface area contributed by atoms with Crippen molar-refractivity contribution in [2.75, 3.05) is 12.1 Å². The maximum Gasteiger partial charge on any atom is 0.144 e. The minimum Gasteiger partial charge on any atom is -0.394 e. The lowest BCUT2D eigenvalue weighted by molar-refractivity contribution is -0.0430. The van der Waals surface area contributed by atoms with E-state index in [9.17, 15) is 5.11 Å². The number of aliphatic hydroxyl groups excluding tert-OH is 2. The molecule has 102 valence electrons. The quantitative estimate of drug-likeness (QED) is 0.602. The van der Waals surface area contributed by atoms with Gasteiger partial charge in [0.25, 0.3) is 0 Å². The summed E-state index contributed by atoms with van der Waals surface area (Å²) in [6, 6.07) is 3.47. The summed E-state index contributed by atoms with van der Waals surface area (Å²) in [4.78, 5) is 4.26. The fraction of sp³-hybridized carbons (Fsp3) is 0.417. The van der Waals surface area contributed by atoms with E-state index in [0.717, 1.165) is 5.39 Å². The molecule has 0 aliphatic carbocycles. The molecule has 1 aliphatic rings. The number of anilines is 1. The third-order valence-electron chi connectivity index (χ3n) is 3.43. The summed E-state index contributed by atoms with van der Waals surface area (Å²) < 4.78 is 7.38. The number of hydrogen-bond donors (Lipinski definition) is 4. The number of rotatable bonds is 3. The third kappa shape index (κ3) is 1.96. The number of hydrogen-bond acceptors (Lipinski definition) is 6. The van der Waals surface area contributed by atoms with Crippen molar-refractivity contribution >= 4 is 16.7 Å². The first-order valence-electron chi connectivity index (χ1n) is 6.04. The molecule has 19 heavy (non-hydrogen) atoms. The van der Waals surface area contributed by atoms with Crippen LogP contribution in [0.1, 0.15) is 12.6 Å². The third-order valence-corrected chi connectivity index (χ3v) is 3.43. The van der Waals surface area contributed by atoms with Gasteiger partial charge < -0.3 is 19.5 Å². The van der Waals surface area contributed by atoms with Crippen molar-refractivity contribution < 1.29 is 20.2 Å². The second kappa shape index (κ2) is 4.78. The molecule has 0 spiro atoms. The molecule has 2 aromatic rings. The Bertz CT molecular complexity index is 585. The van der Waals surface area contributed by atoms with Crippen molar-refractivity contribution in [1.29, 1.82) is 0 Å². The second-order valence-electron chi connectivity index (χ2n) is 4.55. The molecule has 0 unspecified atom stereocenters. The zero-order valence-corrected chi connectivity index (χ0v) is 10.1. The summed E-state index contributed by atoms with van der Waals surface area (Å²) in [5, 5.41) is 28.7. The summed E-state index contributed by atoms with van der Waals surface area (Å²) >= 11 is 0. The van der Waals surface area contributed by atoms with E-state index in [1.54, 1.807) is 23.0 Å². The van der Waals surface area contributed by atoms with Crippen LogP contribution in [0.25, 0.3) is 11.0 Å². The fourth-order valence-electron chi connectivity index (χ4n) is 2.44. The molecule has 7 nitrogen and oxygen atoms in total. The van der Waals surface area contributed by atoms with Crippen LogP contribution in [0.15, 0.2) is 24.5 Å². The van der Waals surface area contributed by atoms with E-state index in [2.05, 4.69) is 10.5 Å². The zero-order valence-electron chi connectivity index (χ0n) is 10.1. The van der Waals surface area contributed by atoms with Crippen molar-refractivity contribution in [3.63, 3.8) is 0 Å². The molecule has 3 rings (SSSR count). The number of pyridine rings is 1. The molecule has 4 N–H and O–H groups in total. The number of nitrogens with one attached hydrogen (secondary N) is 1. The van der Waals surface area contributed by atoms with Gasteiger partial charge in [0, 0.05) is 24.2 Å². The van der Waals surface area contributed by atoms with Gasteiger partial charge >= 0.3 is 0 Å². The van der Waals surface area contributed by atoms with Crippen LogP contribution in [0.4, 0.5) is 5.69 Å². The van der Waals surface area contributed by atoms with Gasteiger partial charge in [0.2, 0.25) is 0 Å². The van der Waals surface area contributed by atoms with Crippen LogP contribution >= 0.6 is 0 Å². The Balaban J connectivity index is 1.98. The van der Waals surface area contributed by atoms with Crippen molar-refractivity contribution in [2.24, 2.45) is 0 Å². The molecule has 0 amide bonds. The molecule has 3 heterocycles. The number of aromatic nitrogens is 2. The number of nitrogens with zero attached hydrogens (tertiary/aromatic N) is 2. The van der Waals surface area contributed by atoms with Crippen LogP contribution in [0.5, 0.6) is 0 Å². The van der Waals surface area contributed by atoms with Gasteiger partial charge in [-0.2, -0.15) is 0 Å². The fourth-order valence-corrected chi connectivity index (χ4v) is 2.44. The minimum atomic E-state index is -0.688. The second-order valence-corrected chi connectivity index (χ2v) is 4.55. The first-order chi connectivity index (χ1) is 9.24. The Kier molecular flexibility index (Phi) is 3.11. The SMILES string of the molecule is OC[C@H]1O[C@@H](n2ccc3c(NO)ccnc32)C[C@@H]1O. The van der Waals surface area contributed by atoms with Gasteiger partial charge in [-0.25, -0.2) is 4.98 Å². The molecule has 0 bridgehead atoms. The maximum atomic E-state index is 9.76. The average Bonchev–Trinajstić information content (AvgIpc) is 3.01. The predicted molar refractivity (Wildman–Crippen MR) is 66.8 cm³/mol. The van der Waals surface area contributed by atoms with Gasteiger partial charge in [-0.1, -0.05) is 0 Å². The van der Waals surface area contributed by atoms with Crippen LogP contribution in [-0.2, 0) is 4.74 Å². The van der Waals surface area contributed by atoms with E-state index in [4.69, 9.17) is 15.1 Å². The van der Waals surface area contributed by atoms with Crippen molar-refractivity contribution in [3.8, 4) is 0 Å². The molecule has 0 saturated carbocycles. The lowest BCUT2D eigenvalue weighted by atomic mass is 10.2. The van der Waals surface area contributed by atoms with E-state index < -0.39 is 12.2 Å². The maximum absolute atomic E-state index is 9.76. The zero-order chi connectivity index (χ0) is 13.4. The van der Waals surface area contributed by atoms with Crippen molar-refractivity contribution in [3.05, 3.63) is 24.5 Å². The van der Waals surface area contributed by atoms with Crippen LogP contribution in [0.3, 0.4) is 0 Å². The average molecular weight is 265 g/mol. The molecule has 7 heteroatoms.